The van der Waals surface area contributed by atoms with Gasteiger partial charge in [0, 0.05) is 0 Å². The van der Waals surface area contributed by atoms with Gasteiger partial charge in [-0.1, -0.05) is 13.0 Å². The monoisotopic (exact) mass is 161 g/mol. The Labute approximate surface area is 72.4 Å². The van der Waals surface area contributed by atoms with E-state index in [1.807, 2.05) is 19.1 Å². The topological polar surface area (TPSA) is 33.0 Å². The molecule has 1 rings (SSSR count). The number of ether oxygens (including phenoxy) is 1. The Balaban J connectivity index is 2.99. The largest absolute Gasteiger partial charge is 0.388 e. The van der Waals surface area contributed by atoms with Crippen molar-refractivity contribution < 1.29 is 4.74 Å². The van der Waals surface area contributed by atoms with E-state index in [0.717, 1.165) is 12.0 Å². The van der Waals surface area contributed by atoms with Crippen LogP contribution in [0, 0.1) is 18.4 Å². The van der Waals surface area contributed by atoms with Crippen molar-refractivity contribution in [2.45, 2.75) is 20.3 Å². The summed E-state index contributed by atoms with van der Waals surface area (Å²) in [5.41, 5.74) is 2.32. The summed E-state index contributed by atoms with van der Waals surface area (Å²) in [6.07, 6.45) is 2.62. The molecule has 0 unspecified atom stereocenters. The Morgan fingerprint density at radius 3 is 2.75 bits per heavy atom. The number of rotatable bonds is 2. The first kappa shape index (κ1) is 8.61. The molecule has 0 saturated heterocycles. The molecule has 0 bridgehead atoms. The highest BCUT2D eigenvalue weighted by atomic mass is 16.5. The average molecular weight is 161 g/mol. The van der Waals surface area contributed by atoms with Crippen molar-refractivity contribution in [1.29, 1.82) is 5.26 Å². The van der Waals surface area contributed by atoms with Crippen LogP contribution in [0.2, 0.25) is 0 Å². The SMILES string of the molecule is CCc1cc(C)cc(OC#N)c1. The van der Waals surface area contributed by atoms with Crippen molar-refractivity contribution in [3.05, 3.63) is 29.3 Å². The molecule has 0 radical (unpaired) electrons. The van der Waals surface area contributed by atoms with Crippen molar-refractivity contribution in [2.75, 3.05) is 0 Å². The second-order valence-corrected chi connectivity index (χ2v) is 2.70. The van der Waals surface area contributed by atoms with Gasteiger partial charge in [0.05, 0.1) is 0 Å². The molecule has 0 atom stereocenters. The minimum absolute atomic E-state index is 0.634. The quantitative estimate of drug-likeness (QED) is 0.624. The predicted octanol–water partition coefficient (Wildman–Crippen LogP) is 2.42. The summed E-state index contributed by atoms with van der Waals surface area (Å²) in [4.78, 5) is 0. The number of nitriles is 1. The third kappa shape index (κ3) is 2.00. The number of aryl methyl sites for hydroxylation is 2. The van der Waals surface area contributed by atoms with Crippen molar-refractivity contribution >= 4 is 0 Å². The van der Waals surface area contributed by atoms with E-state index in [2.05, 4.69) is 13.0 Å². The number of benzene rings is 1. The van der Waals surface area contributed by atoms with Crippen LogP contribution < -0.4 is 4.74 Å². The highest BCUT2D eigenvalue weighted by Crippen LogP contribution is 2.16. The third-order valence-corrected chi connectivity index (χ3v) is 1.68. The minimum atomic E-state index is 0.634. The van der Waals surface area contributed by atoms with Gasteiger partial charge in [0.25, 0.3) is 6.26 Å². The minimum Gasteiger partial charge on any atom is -0.388 e. The molecule has 0 heterocycles. The fourth-order valence-corrected chi connectivity index (χ4v) is 1.14. The summed E-state index contributed by atoms with van der Waals surface area (Å²) in [7, 11) is 0. The number of nitrogens with zero attached hydrogens (tertiary/aromatic N) is 1. The van der Waals surface area contributed by atoms with Gasteiger partial charge in [0.2, 0.25) is 0 Å². The van der Waals surface area contributed by atoms with Crippen LogP contribution in [0.25, 0.3) is 0 Å². The van der Waals surface area contributed by atoms with E-state index in [1.165, 1.54) is 5.56 Å². The van der Waals surface area contributed by atoms with Gasteiger partial charge in [-0.25, -0.2) is 0 Å². The van der Waals surface area contributed by atoms with Gasteiger partial charge in [0.1, 0.15) is 5.75 Å². The van der Waals surface area contributed by atoms with Crippen LogP contribution in [0.15, 0.2) is 18.2 Å². The predicted molar refractivity (Wildman–Crippen MR) is 46.8 cm³/mol. The molecule has 2 nitrogen and oxygen atoms in total. The van der Waals surface area contributed by atoms with Crippen molar-refractivity contribution in [2.24, 2.45) is 0 Å². The Morgan fingerprint density at radius 2 is 2.17 bits per heavy atom. The van der Waals surface area contributed by atoms with Crippen LogP contribution >= 0.6 is 0 Å². The summed E-state index contributed by atoms with van der Waals surface area (Å²) >= 11 is 0. The first-order valence-electron chi connectivity index (χ1n) is 3.92. The lowest BCUT2D eigenvalue weighted by molar-refractivity contribution is 0.506. The van der Waals surface area contributed by atoms with Gasteiger partial charge in [-0.05, 0) is 36.6 Å². The van der Waals surface area contributed by atoms with Crippen LogP contribution in [-0.2, 0) is 6.42 Å². The summed E-state index contributed by atoms with van der Waals surface area (Å²) in [6.45, 7) is 4.06. The Hall–Kier alpha value is -1.49. The van der Waals surface area contributed by atoms with E-state index >= 15 is 0 Å². The fourth-order valence-electron chi connectivity index (χ4n) is 1.14. The summed E-state index contributed by atoms with van der Waals surface area (Å²) in [5, 5.41) is 8.30. The molecule has 1 aromatic rings. The second kappa shape index (κ2) is 3.77. The lowest BCUT2D eigenvalue weighted by Crippen LogP contribution is -1.87. The molecule has 0 spiro atoms. The normalized spacial score (nSPS) is 9.08. The lowest BCUT2D eigenvalue weighted by atomic mass is 10.1. The molecule has 0 saturated carbocycles. The molecule has 62 valence electrons. The van der Waals surface area contributed by atoms with E-state index in [-0.39, 0.29) is 0 Å². The zero-order valence-corrected chi connectivity index (χ0v) is 7.29. The molecule has 0 fully saturated rings. The van der Waals surface area contributed by atoms with Gasteiger partial charge < -0.3 is 4.74 Å². The van der Waals surface area contributed by atoms with E-state index in [4.69, 9.17) is 10.00 Å². The maximum absolute atomic E-state index is 8.30. The van der Waals surface area contributed by atoms with Gasteiger partial charge in [-0.2, -0.15) is 0 Å². The van der Waals surface area contributed by atoms with Crippen LogP contribution in [0.4, 0.5) is 0 Å². The highest BCUT2D eigenvalue weighted by molar-refractivity contribution is 5.34. The van der Waals surface area contributed by atoms with Crippen molar-refractivity contribution in [1.82, 2.24) is 0 Å². The molecular formula is C10H11NO. The molecule has 12 heavy (non-hydrogen) atoms. The van der Waals surface area contributed by atoms with Crippen LogP contribution in [0.3, 0.4) is 0 Å². The molecule has 0 aliphatic heterocycles. The lowest BCUT2D eigenvalue weighted by Gasteiger charge is -2.01. The van der Waals surface area contributed by atoms with Crippen LogP contribution in [0.5, 0.6) is 5.75 Å². The van der Waals surface area contributed by atoms with E-state index < -0.39 is 0 Å². The summed E-state index contributed by atoms with van der Waals surface area (Å²) < 4.78 is 4.73. The molecule has 0 aliphatic carbocycles. The molecule has 0 amide bonds. The Morgan fingerprint density at radius 1 is 1.42 bits per heavy atom. The van der Waals surface area contributed by atoms with Gasteiger partial charge in [-0.3, -0.25) is 0 Å². The Bertz CT molecular complexity index is 312. The van der Waals surface area contributed by atoms with Gasteiger partial charge in [-0.15, -0.1) is 5.26 Å². The molecule has 0 aromatic heterocycles. The first-order valence-corrected chi connectivity index (χ1v) is 3.92. The maximum Gasteiger partial charge on any atom is 0.292 e. The second-order valence-electron chi connectivity index (χ2n) is 2.70. The van der Waals surface area contributed by atoms with Gasteiger partial charge in [0.15, 0.2) is 0 Å². The van der Waals surface area contributed by atoms with E-state index in [0.29, 0.717) is 5.75 Å². The summed E-state index contributed by atoms with van der Waals surface area (Å²) in [5.74, 6) is 0.634. The maximum atomic E-state index is 8.30. The molecule has 0 N–H and O–H groups in total. The average Bonchev–Trinajstić information content (AvgIpc) is 2.04. The fraction of sp³-hybridized carbons (Fsp3) is 0.300. The molecule has 2 heteroatoms. The van der Waals surface area contributed by atoms with E-state index in [1.54, 1.807) is 6.26 Å². The number of hydrogen-bond donors (Lipinski definition) is 0. The third-order valence-electron chi connectivity index (χ3n) is 1.68. The first-order chi connectivity index (χ1) is 5.76. The zero-order valence-electron chi connectivity index (χ0n) is 7.29. The number of hydrogen-bond acceptors (Lipinski definition) is 2. The van der Waals surface area contributed by atoms with Crippen molar-refractivity contribution in [3.63, 3.8) is 0 Å². The molecular weight excluding hydrogens is 150 g/mol. The zero-order chi connectivity index (χ0) is 8.97. The molecule has 1 aromatic carbocycles. The standard InChI is InChI=1S/C10H11NO/c1-3-9-4-8(2)5-10(6-9)12-7-11/h4-6H,3H2,1-2H3. The smallest absolute Gasteiger partial charge is 0.292 e. The highest BCUT2D eigenvalue weighted by Gasteiger charge is 1.97. The molecule has 0 aliphatic rings. The van der Waals surface area contributed by atoms with Crippen LogP contribution in [-0.4, -0.2) is 0 Å². The Kier molecular flexibility index (Phi) is 2.71. The summed E-state index contributed by atoms with van der Waals surface area (Å²) in [6, 6.07) is 5.82. The van der Waals surface area contributed by atoms with Crippen molar-refractivity contribution in [3.8, 4) is 12.0 Å². The van der Waals surface area contributed by atoms with E-state index in [9.17, 15) is 0 Å². The van der Waals surface area contributed by atoms with Crippen LogP contribution in [0.1, 0.15) is 18.1 Å². The van der Waals surface area contributed by atoms with Gasteiger partial charge >= 0.3 is 0 Å².